The number of benzene rings is 2. The second-order valence-electron chi connectivity index (χ2n) is 5.97. The number of methoxy groups -OCH3 is 3. The lowest BCUT2D eigenvalue weighted by molar-refractivity contribution is -0.112. The molecular weight excluding hydrogens is 440 g/mol. The van der Waals surface area contributed by atoms with Crippen LogP contribution in [0.4, 0.5) is 5.13 Å². The number of halogens is 1. The Kier molecular flexibility index (Phi) is 7.07. The van der Waals surface area contributed by atoms with Crippen LogP contribution in [0.3, 0.4) is 0 Å². The summed E-state index contributed by atoms with van der Waals surface area (Å²) in [5.41, 5.74) is 1.09. The Hall–Kier alpha value is -3.61. The van der Waals surface area contributed by atoms with E-state index in [0.29, 0.717) is 38.4 Å². The molecule has 3 rings (SSSR count). The smallest absolute Gasteiger partial charge is 0.268 e. The van der Waals surface area contributed by atoms with Crippen molar-refractivity contribution in [3.05, 3.63) is 52.6 Å². The minimum Gasteiger partial charge on any atom is -0.493 e. The van der Waals surface area contributed by atoms with E-state index in [1.54, 1.807) is 24.3 Å². The summed E-state index contributed by atoms with van der Waals surface area (Å²) < 4.78 is 15.9. The molecule has 0 bridgehead atoms. The summed E-state index contributed by atoms with van der Waals surface area (Å²) in [6, 6.07) is 12.3. The van der Waals surface area contributed by atoms with Crippen LogP contribution in [0.15, 0.2) is 42.0 Å². The van der Waals surface area contributed by atoms with E-state index in [1.807, 2.05) is 18.2 Å². The van der Waals surface area contributed by atoms with Gasteiger partial charge in [-0.15, -0.1) is 10.2 Å². The molecule has 1 heterocycles. The van der Waals surface area contributed by atoms with Crippen molar-refractivity contribution < 1.29 is 19.0 Å². The van der Waals surface area contributed by atoms with Gasteiger partial charge >= 0.3 is 0 Å². The number of rotatable bonds is 7. The molecule has 0 saturated carbocycles. The monoisotopic (exact) mass is 456 g/mol. The lowest BCUT2D eigenvalue weighted by Crippen LogP contribution is -2.13. The summed E-state index contributed by atoms with van der Waals surface area (Å²) in [7, 11) is 4.45. The third kappa shape index (κ3) is 4.94. The Bertz CT molecular complexity index is 1160. The lowest BCUT2D eigenvalue weighted by atomic mass is 10.1. The Labute approximate surface area is 187 Å². The van der Waals surface area contributed by atoms with Gasteiger partial charge in [-0.3, -0.25) is 10.1 Å². The Morgan fingerprint density at radius 3 is 2.39 bits per heavy atom. The molecule has 2 aromatic carbocycles. The van der Waals surface area contributed by atoms with Gasteiger partial charge in [-0.2, -0.15) is 5.26 Å². The molecule has 158 valence electrons. The van der Waals surface area contributed by atoms with Crippen LogP contribution in [-0.2, 0) is 4.79 Å². The van der Waals surface area contributed by atoms with Crippen LogP contribution in [0.1, 0.15) is 5.56 Å². The molecule has 3 aromatic rings. The number of carbonyl (C=O) groups excluding carboxylic acids is 1. The van der Waals surface area contributed by atoms with Crippen LogP contribution in [0.25, 0.3) is 16.6 Å². The average Bonchev–Trinajstić information content (AvgIpc) is 3.24. The molecule has 0 saturated heterocycles. The van der Waals surface area contributed by atoms with Gasteiger partial charge in [-0.05, 0) is 29.8 Å². The zero-order valence-corrected chi connectivity index (χ0v) is 18.4. The van der Waals surface area contributed by atoms with E-state index in [1.165, 1.54) is 27.4 Å². The number of nitrogens with one attached hydrogen (secondary N) is 1. The first-order chi connectivity index (χ1) is 15.0. The highest BCUT2D eigenvalue weighted by Crippen LogP contribution is 2.38. The Morgan fingerprint density at radius 1 is 1.13 bits per heavy atom. The van der Waals surface area contributed by atoms with Crippen molar-refractivity contribution in [2.45, 2.75) is 0 Å². The van der Waals surface area contributed by atoms with Crippen molar-refractivity contribution in [2.24, 2.45) is 0 Å². The van der Waals surface area contributed by atoms with Gasteiger partial charge < -0.3 is 14.2 Å². The van der Waals surface area contributed by atoms with Crippen LogP contribution in [0.2, 0.25) is 5.02 Å². The maximum atomic E-state index is 12.6. The number of hydrogen-bond donors (Lipinski definition) is 1. The lowest BCUT2D eigenvalue weighted by Gasteiger charge is -2.13. The third-order valence-electron chi connectivity index (χ3n) is 4.11. The summed E-state index contributed by atoms with van der Waals surface area (Å²) >= 11 is 7.33. The van der Waals surface area contributed by atoms with E-state index >= 15 is 0 Å². The largest absolute Gasteiger partial charge is 0.493 e. The number of aromatic nitrogens is 2. The number of anilines is 1. The van der Waals surface area contributed by atoms with E-state index in [4.69, 9.17) is 25.8 Å². The first-order valence-corrected chi connectivity index (χ1v) is 10.0. The minimum atomic E-state index is -0.627. The van der Waals surface area contributed by atoms with Crippen molar-refractivity contribution in [1.82, 2.24) is 10.2 Å². The molecule has 0 fully saturated rings. The molecule has 0 spiro atoms. The number of hydrogen-bond acceptors (Lipinski definition) is 8. The fourth-order valence-electron chi connectivity index (χ4n) is 2.68. The number of ether oxygens (including phenoxy) is 3. The van der Waals surface area contributed by atoms with Crippen molar-refractivity contribution in [3.63, 3.8) is 0 Å². The SMILES string of the molecule is COc1cc(/C=C(/C#N)C(=O)Nc2nnc(-c3ccccc3Cl)s2)cc(OC)c1OC. The van der Waals surface area contributed by atoms with Gasteiger partial charge in [0, 0.05) is 5.56 Å². The molecule has 10 heteroatoms. The number of carbonyl (C=O) groups is 1. The fraction of sp³-hybridized carbons (Fsp3) is 0.143. The third-order valence-corrected chi connectivity index (χ3v) is 5.31. The van der Waals surface area contributed by atoms with E-state index in [0.717, 1.165) is 11.3 Å². The van der Waals surface area contributed by atoms with Crippen molar-refractivity contribution in [1.29, 1.82) is 5.26 Å². The molecule has 0 unspecified atom stereocenters. The average molecular weight is 457 g/mol. The van der Waals surface area contributed by atoms with Gasteiger partial charge in [-0.25, -0.2) is 0 Å². The highest BCUT2D eigenvalue weighted by molar-refractivity contribution is 7.18. The maximum absolute atomic E-state index is 12.6. The summed E-state index contributed by atoms with van der Waals surface area (Å²) in [5.74, 6) is 0.586. The molecule has 1 N–H and O–H groups in total. The Morgan fingerprint density at radius 2 is 1.81 bits per heavy atom. The Balaban J connectivity index is 1.85. The predicted molar refractivity (Wildman–Crippen MR) is 119 cm³/mol. The standard InChI is InChI=1S/C21H17ClN4O4S/c1-28-16-9-12(10-17(29-2)18(16)30-3)8-13(11-23)19(27)24-21-26-25-20(31-21)14-6-4-5-7-15(14)22/h4-10H,1-3H3,(H,24,26,27)/b13-8-. The molecule has 1 amide bonds. The minimum absolute atomic E-state index is 0.135. The molecule has 1 aromatic heterocycles. The van der Waals surface area contributed by atoms with Crippen molar-refractivity contribution in [2.75, 3.05) is 26.6 Å². The van der Waals surface area contributed by atoms with Crippen LogP contribution in [-0.4, -0.2) is 37.4 Å². The number of nitriles is 1. The summed E-state index contributed by atoms with van der Waals surface area (Å²) in [6.07, 6.45) is 1.41. The van der Waals surface area contributed by atoms with Gasteiger partial charge in [0.1, 0.15) is 11.6 Å². The van der Waals surface area contributed by atoms with E-state index < -0.39 is 5.91 Å². The molecule has 0 atom stereocenters. The highest BCUT2D eigenvalue weighted by atomic mass is 35.5. The van der Waals surface area contributed by atoms with Gasteiger partial charge in [0.25, 0.3) is 5.91 Å². The molecule has 31 heavy (non-hydrogen) atoms. The van der Waals surface area contributed by atoms with Gasteiger partial charge in [0.15, 0.2) is 16.5 Å². The van der Waals surface area contributed by atoms with Crippen LogP contribution in [0.5, 0.6) is 17.2 Å². The zero-order chi connectivity index (χ0) is 22.4. The zero-order valence-electron chi connectivity index (χ0n) is 16.8. The van der Waals surface area contributed by atoms with Crippen molar-refractivity contribution in [3.8, 4) is 33.9 Å². The molecule has 0 radical (unpaired) electrons. The topological polar surface area (TPSA) is 106 Å². The highest BCUT2D eigenvalue weighted by Gasteiger charge is 2.17. The maximum Gasteiger partial charge on any atom is 0.268 e. The summed E-state index contributed by atoms with van der Waals surface area (Å²) in [6.45, 7) is 0. The van der Waals surface area contributed by atoms with Gasteiger partial charge in [0.05, 0.1) is 26.4 Å². The first-order valence-electron chi connectivity index (χ1n) is 8.82. The molecule has 0 aliphatic carbocycles. The normalized spacial score (nSPS) is 10.9. The van der Waals surface area contributed by atoms with Gasteiger partial charge in [0.2, 0.25) is 10.9 Å². The summed E-state index contributed by atoms with van der Waals surface area (Å²) in [4.78, 5) is 12.6. The van der Waals surface area contributed by atoms with Crippen LogP contribution >= 0.6 is 22.9 Å². The molecular formula is C21H17ClN4O4S. The van der Waals surface area contributed by atoms with Crippen LogP contribution in [0, 0.1) is 11.3 Å². The second kappa shape index (κ2) is 9.93. The van der Waals surface area contributed by atoms with Crippen molar-refractivity contribution >= 4 is 40.1 Å². The number of nitrogens with zero attached hydrogens (tertiary/aromatic N) is 3. The molecule has 0 aliphatic rings. The quantitative estimate of drug-likeness (QED) is 0.414. The summed E-state index contributed by atoms with van der Waals surface area (Å²) in [5, 5.41) is 21.4. The fourth-order valence-corrected chi connectivity index (χ4v) is 3.74. The molecule has 0 aliphatic heterocycles. The van der Waals surface area contributed by atoms with E-state index in [-0.39, 0.29) is 10.7 Å². The first kappa shape index (κ1) is 22.1. The predicted octanol–water partition coefficient (Wildman–Crippen LogP) is 4.43. The van der Waals surface area contributed by atoms with Gasteiger partial charge in [-0.1, -0.05) is 41.1 Å². The van der Waals surface area contributed by atoms with E-state index in [9.17, 15) is 10.1 Å². The van der Waals surface area contributed by atoms with Crippen LogP contribution < -0.4 is 19.5 Å². The molecule has 8 nitrogen and oxygen atoms in total. The van der Waals surface area contributed by atoms with E-state index in [2.05, 4.69) is 15.5 Å². The second-order valence-corrected chi connectivity index (χ2v) is 7.36. The number of amides is 1.